The van der Waals surface area contributed by atoms with Crippen molar-refractivity contribution >= 4 is 21.7 Å². The van der Waals surface area contributed by atoms with Gasteiger partial charge < -0.3 is 15.3 Å². The number of hydrogen-bond acceptors (Lipinski definition) is 6. The summed E-state index contributed by atoms with van der Waals surface area (Å²) in [4.78, 5) is 9.09. The zero-order valence-electron chi connectivity index (χ0n) is 11.5. The summed E-state index contributed by atoms with van der Waals surface area (Å²) < 4.78 is 5.69. The standard InChI is InChI=1S/C14H15BrN4O2/c1-21-11-6-7(5-9(15)12(11)20)13-17-10-4-2-3-8(10)14(18-13)19-16/h5-6,20H,2-4,16H2,1H3,(H,17,18,19). The van der Waals surface area contributed by atoms with E-state index < -0.39 is 0 Å². The van der Waals surface area contributed by atoms with Crippen LogP contribution in [0.1, 0.15) is 17.7 Å². The average molecular weight is 351 g/mol. The number of aromatic nitrogens is 2. The van der Waals surface area contributed by atoms with Crippen LogP contribution in [0.25, 0.3) is 11.4 Å². The van der Waals surface area contributed by atoms with Crippen LogP contribution in [-0.4, -0.2) is 22.2 Å². The predicted molar refractivity (Wildman–Crippen MR) is 83.2 cm³/mol. The average Bonchev–Trinajstić information content (AvgIpc) is 2.97. The largest absolute Gasteiger partial charge is 0.503 e. The fourth-order valence-electron chi connectivity index (χ4n) is 2.54. The second kappa shape index (κ2) is 5.50. The third kappa shape index (κ3) is 2.43. The smallest absolute Gasteiger partial charge is 0.172 e. The molecule has 1 aromatic heterocycles. The van der Waals surface area contributed by atoms with Crippen molar-refractivity contribution < 1.29 is 9.84 Å². The lowest BCUT2D eigenvalue weighted by molar-refractivity contribution is 0.372. The summed E-state index contributed by atoms with van der Waals surface area (Å²) in [7, 11) is 1.50. The molecule has 0 saturated heterocycles. The topological polar surface area (TPSA) is 93.3 Å². The van der Waals surface area contributed by atoms with Crippen LogP contribution < -0.4 is 16.0 Å². The highest BCUT2D eigenvalue weighted by molar-refractivity contribution is 9.10. The van der Waals surface area contributed by atoms with Gasteiger partial charge in [-0.05, 0) is 47.3 Å². The number of benzene rings is 1. The Kier molecular flexibility index (Phi) is 3.69. The maximum absolute atomic E-state index is 9.88. The molecule has 1 aliphatic rings. The van der Waals surface area contributed by atoms with Gasteiger partial charge in [-0.3, -0.25) is 0 Å². The highest BCUT2D eigenvalue weighted by atomic mass is 79.9. The van der Waals surface area contributed by atoms with E-state index in [1.165, 1.54) is 7.11 Å². The van der Waals surface area contributed by atoms with E-state index in [0.717, 1.165) is 36.1 Å². The summed E-state index contributed by atoms with van der Waals surface area (Å²) in [5.41, 5.74) is 5.51. The number of nitrogens with two attached hydrogens (primary N) is 1. The van der Waals surface area contributed by atoms with Gasteiger partial charge in [0, 0.05) is 16.8 Å². The van der Waals surface area contributed by atoms with Crippen molar-refractivity contribution in [2.75, 3.05) is 12.5 Å². The Morgan fingerprint density at radius 1 is 1.33 bits per heavy atom. The number of methoxy groups -OCH3 is 1. The molecule has 110 valence electrons. The molecule has 0 spiro atoms. The van der Waals surface area contributed by atoms with Crippen molar-refractivity contribution in [3.05, 3.63) is 27.9 Å². The molecule has 3 rings (SSSR count). The van der Waals surface area contributed by atoms with Gasteiger partial charge in [0.2, 0.25) is 0 Å². The van der Waals surface area contributed by atoms with Crippen molar-refractivity contribution in [1.29, 1.82) is 0 Å². The number of hydrogen-bond donors (Lipinski definition) is 3. The predicted octanol–water partition coefficient (Wildman–Crippen LogP) is 2.39. The Labute approximate surface area is 130 Å². The number of nitrogens with zero attached hydrogens (tertiary/aromatic N) is 2. The number of nitrogens with one attached hydrogen (secondary N) is 1. The molecule has 1 aromatic carbocycles. The Balaban J connectivity index is 2.15. The normalized spacial score (nSPS) is 13.1. The molecule has 0 saturated carbocycles. The van der Waals surface area contributed by atoms with Crippen LogP contribution in [0.5, 0.6) is 11.5 Å². The fraction of sp³-hybridized carbons (Fsp3) is 0.286. The quantitative estimate of drug-likeness (QED) is 0.581. The number of phenols is 1. The minimum atomic E-state index is 0.0552. The number of aromatic hydroxyl groups is 1. The molecule has 0 amide bonds. The number of anilines is 1. The lowest BCUT2D eigenvalue weighted by Gasteiger charge is -2.11. The molecule has 6 nitrogen and oxygen atoms in total. The summed E-state index contributed by atoms with van der Waals surface area (Å²) in [6.45, 7) is 0. The minimum Gasteiger partial charge on any atom is -0.503 e. The first-order valence-corrected chi connectivity index (χ1v) is 7.36. The molecular formula is C14H15BrN4O2. The van der Waals surface area contributed by atoms with Crippen LogP contribution in [0.4, 0.5) is 5.82 Å². The van der Waals surface area contributed by atoms with E-state index in [9.17, 15) is 5.11 Å². The number of phenolic OH excluding ortho intramolecular Hbond substituents is 1. The van der Waals surface area contributed by atoms with Gasteiger partial charge in [0.05, 0.1) is 11.6 Å². The molecule has 0 unspecified atom stereocenters. The second-order valence-electron chi connectivity index (χ2n) is 4.83. The van der Waals surface area contributed by atoms with E-state index in [2.05, 4.69) is 31.3 Å². The molecule has 2 aromatic rings. The molecule has 7 heteroatoms. The highest BCUT2D eigenvalue weighted by Gasteiger charge is 2.20. The van der Waals surface area contributed by atoms with Gasteiger partial charge in [-0.15, -0.1) is 0 Å². The first-order chi connectivity index (χ1) is 10.1. The molecular weight excluding hydrogens is 336 g/mol. The second-order valence-corrected chi connectivity index (χ2v) is 5.68. The summed E-state index contributed by atoms with van der Waals surface area (Å²) in [6, 6.07) is 3.46. The maximum Gasteiger partial charge on any atom is 0.172 e. The Bertz CT molecular complexity index is 706. The zero-order chi connectivity index (χ0) is 15.0. The first kappa shape index (κ1) is 14.1. The Morgan fingerprint density at radius 2 is 2.14 bits per heavy atom. The van der Waals surface area contributed by atoms with Gasteiger partial charge in [-0.25, -0.2) is 15.8 Å². The van der Waals surface area contributed by atoms with E-state index >= 15 is 0 Å². The molecule has 0 atom stereocenters. The molecule has 0 bridgehead atoms. The van der Waals surface area contributed by atoms with Crippen LogP contribution in [0.15, 0.2) is 16.6 Å². The first-order valence-electron chi connectivity index (χ1n) is 6.57. The molecule has 1 aliphatic carbocycles. The van der Waals surface area contributed by atoms with Crippen molar-refractivity contribution in [2.24, 2.45) is 5.84 Å². The summed E-state index contributed by atoms with van der Waals surface area (Å²) >= 11 is 3.31. The van der Waals surface area contributed by atoms with Gasteiger partial charge in [0.1, 0.15) is 5.82 Å². The SMILES string of the molecule is COc1cc(-c2nc3c(c(NN)n2)CCC3)cc(Br)c1O. The van der Waals surface area contributed by atoms with E-state index in [1.807, 2.05) is 0 Å². The molecule has 21 heavy (non-hydrogen) atoms. The molecule has 0 fully saturated rings. The van der Waals surface area contributed by atoms with Gasteiger partial charge in [-0.2, -0.15) is 0 Å². The molecule has 0 radical (unpaired) electrons. The Hall–Kier alpha value is -1.86. The van der Waals surface area contributed by atoms with Gasteiger partial charge in [0.25, 0.3) is 0 Å². The van der Waals surface area contributed by atoms with E-state index in [4.69, 9.17) is 10.6 Å². The van der Waals surface area contributed by atoms with Crippen molar-refractivity contribution in [3.8, 4) is 22.9 Å². The lowest BCUT2D eigenvalue weighted by atomic mass is 10.1. The van der Waals surface area contributed by atoms with Crippen molar-refractivity contribution in [3.63, 3.8) is 0 Å². The van der Waals surface area contributed by atoms with E-state index in [0.29, 0.717) is 21.9 Å². The van der Waals surface area contributed by atoms with Crippen LogP contribution in [0.2, 0.25) is 0 Å². The van der Waals surface area contributed by atoms with E-state index in [1.54, 1.807) is 12.1 Å². The minimum absolute atomic E-state index is 0.0552. The van der Waals surface area contributed by atoms with Crippen LogP contribution in [-0.2, 0) is 12.8 Å². The molecule has 1 heterocycles. The lowest BCUT2D eigenvalue weighted by Crippen LogP contribution is -2.12. The third-order valence-electron chi connectivity index (χ3n) is 3.58. The van der Waals surface area contributed by atoms with Gasteiger partial charge in [0.15, 0.2) is 17.3 Å². The van der Waals surface area contributed by atoms with Gasteiger partial charge in [-0.1, -0.05) is 0 Å². The zero-order valence-corrected chi connectivity index (χ0v) is 13.1. The third-order valence-corrected chi connectivity index (χ3v) is 4.18. The molecule has 4 N–H and O–H groups in total. The van der Waals surface area contributed by atoms with Gasteiger partial charge >= 0.3 is 0 Å². The number of ether oxygens (including phenoxy) is 1. The maximum atomic E-state index is 9.88. The highest BCUT2D eigenvalue weighted by Crippen LogP contribution is 2.38. The van der Waals surface area contributed by atoms with Crippen LogP contribution in [0, 0.1) is 0 Å². The van der Waals surface area contributed by atoms with Crippen LogP contribution >= 0.6 is 15.9 Å². The summed E-state index contributed by atoms with van der Waals surface area (Å²) in [5.74, 6) is 7.21. The fourth-order valence-corrected chi connectivity index (χ4v) is 2.98. The number of fused-ring (bicyclic) bond motifs is 1. The number of halogens is 1. The Morgan fingerprint density at radius 3 is 2.86 bits per heavy atom. The monoisotopic (exact) mass is 350 g/mol. The number of hydrazine groups is 1. The summed E-state index contributed by atoms with van der Waals surface area (Å²) in [5, 5.41) is 9.88. The van der Waals surface area contributed by atoms with Crippen LogP contribution in [0.3, 0.4) is 0 Å². The number of nitrogen functional groups attached to an aromatic ring is 1. The summed E-state index contributed by atoms with van der Waals surface area (Å²) in [6.07, 6.45) is 2.93. The number of rotatable bonds is 3. The van der Waals surface area contributed by atoms with Crippen molar-refractivity contribution in [1.82, 2.24) is 9.97 Å². The van der Waals surface area contributed by atoms with E-state index in [-0.39, 0.29) is 5.75 Å². The van der Waals surface area contributed by atoms with Crippen molar-refractivity contribution in [2.45, 2.75) is 19.3 Å². The number of aryl methyl sites for hydroxylation is 1. The molecule has 0 aliphatic heterocycles.